The van der Waals surface area contributed by atoms with Crippen molar-refractivity contribution in [1.82, 2.24) is 15.3 Å². The normalized spacial score (nSPS) is 18.6. The first-order valence-electron chi connectivity index (χ1n) is 8.74. The first-order chi connectivity index (χ1) is 13.1. The maximum Gasteiger partial charge on any atom is 0.230 e. The van der Waals surface area contributed by atoms with Crippen LogP contribution in [0.1, 0.15) is 6.42 Å². The lowest BCUT2D eigenvalue weighted by molar-refractivity contribution is 0.585. The van der Waals surface area contributed by atoms with Gasteiger partial charge in [0.25, 0.3) is 0 Å². The van der Waals surface area contributed by atoms with Gasteiger partial charge in [-0.2, -0.15) is 0 Å². The molecule has 2 aromatic carbocycles. The highest BCUT2D eigenvalue weighted by Crippen LogP contribution is 2.36. The summed E-state index contributed by atoms with van der Waals surface area (Å²) in [6.45, 7) is 1.61. The summed E-state index contributed by atoms with van der Waals surface area (Å²) < 4.78 is 41.6. The van der Waals surface area contributed by atoms with E-state index in [2.05, 4.69) is 15.3 Å². The van der Waals surface area contributed by atoms with Crippen molar-refractivity contribution in [1.29, 1.82) is 0 Å². The van der Waals surface area contributed by atoms with Gasteiger partial charge in [0, 0.05) is 54.0 Å². The molecule has 136 valence electrons. The van der Waals surface area contributed by atoms with E-state index < -0.39 is 17.5 Å². The molecule has 3 heterocycles. The van der Waals surface area contributed by atoms with Gasteiger partial charge in [-0.3, -0.25) is 0 Å². The van der Waals surface area contributed by atoms with Crippen LogP contribution in [0.2, 0.25) is 0 Å². The molecule has 1 aromatic heterocycles. The van der Waals surface area contributed by atoms with Crippen LogP contribution < -0.4 is 10.2 Å². The maximum atomic E-state index is 14.5. The second-order valence-electron chi connectivity index (χ2n) is 6.77. The summed E-state index contributed by atoms with van der Waals surface area (Å²) in [5.74, 6) is -1.03. The van der Waals surface area contributed by atoms with Crippen LogP contribution in [0.4, 0.5) is 19.1 Å². The number of nitrogens with zero attached hydrogens (tertiary/aromatic N) is 3. The third-order valence-electron chi connectivity index (χ3n) is 5.12. The number of rotatable bonds is 2. The number of aromatic nitrogens is 2. The number of hydrogen-bond acceptors (Lipinski definition) is 4. The molecule has 0 spiro atoms. The molecule has 1 fully saturated rings. The van der Waals surface area contributed by atoms with Gasteiger partial charge in [0.2, 0.25) is 5.95 Å². The van der Waals surface area contributed by atoms with Crippen molar-refractivity contribution in [2.75, 3.05) is 18.0 Å². The summed E-state index contributed by atoms with van der Waals surface area (Å²) in [6, 6.07) is 7.47. The highest BCUT2D eigenvalue weighted by Gasteiger charge is 2.33. The van der Waals surface area contributed by atoms with E-state index in [1.54, 1.807) is 0 Å². The molecule has 2 aliphatic rings. The Morgan fingerprint density at radius 1 is 1.00 bits per heavy atom. The van der Waals surface area contributed by atoms with Gasteiger partial charge in [-0.1, -0.05) is 0 Å². The molecule has 27 heavy (non-hydrogen) atoms. The summed E-state index contributed by atoms with van der Waals surface area (Å²) in [5.41, 5.74) is 1.94. The first kappa shape index (κ1) is 16.1. The van der Waals surface area contributed by atoms with Crippen LogP contribution in [0.5, 0.6) is 0 Å². The van der Waals surface area contributed by atoms with Crippen LogP contribution in [0.25, 0.3) is 22.2 Å². The smallest absolute Gasteiger partial charge is 0.230 e. The average molecular weight is 368 g/mol. The number of benzene rings is 2. The maximum absolute atomic E-state index is 14.5. The third kappa shape index (κ3) is 2.61. The minimum absolute atomic E-state index is 0.158. The molecule has 1 atom stereocenters. The fraction of sp³-hybridized carbons (Fsp3) is 0.200. The first-order valence-corrected chi connectivity index (χ1v) is 8.74. The summed E-state index contributed by atoms with van der Waals surface area (Å²) in [6.07, 6.45) is 2.90. The standard InChI is InChI=1S/C20H15F3N4/c21-12-1-3-14(16(23)7-12)19-15-4-2-13(22)8-17(15)25-20(26-19)27-6-5-11-9-24-10-18(11)27/h1-4,7-8,10-11,24H,5-6,9H2. The molecule has 5 rings (SSSR count). The summed E-state index contributed by atoms with van der Waals surface area (Å²) in [5, 5.41) is 3.72. The van der Waals surface area contributed by atoms with Gasteiger partial charge in [0.05, 0.1) is 11.2 Å². The molecule has 1 saturated heterocycles. The Balaban J connectivity index is 1.74. The molecule has 3 aromatic rings. The van der Waals surface area contributed by atoms with E-state index in [1.165, 1.54) is 30.3 Å². The number of hydrogen-bond donors (Lipinski definition) is 1. The van der Waals surface area contributed by atoms with Crippen LogP contribution in [0.15, 0.2) is 48.3 Å². The average Bonchev–Trinajstić information content (AvgIpc) is 3.24. The van der Waals surface area contributed by atoms with E-state index in [1.807, 2.05) is 11.1 Å². The van der Waals surface area contributed by atoms with Gasteiger partial charge in [-0.15, -0.1) is 0 Å². The van der Waals surface area contributed by atoms with E-state index in [4.69, 9.17) is 0 Å². The predicted octanol–water partition coefficient (Wildman–Crippen LogP) is 3.99. The molecule has 0 radical (unpaired) electrons. The Morgan fingerprint density at radius 2 is 1.81 bits per heavy atom. The lowest BCUT2D eigenvalue weighted by atomic mass is 10.1. The molecule has 7 heteroatoms. The minimum atomic E-state index is -0.716. The molecule has 1 unspecified atom stereocenters. The molecule has 1 N–H and O–H groups in total. The van der Waals surface area contributed by atoms with Gasteiger partial charge in [-0.25, -0.2) is 23.1 Å². The van der Waals surface area contributed by atoms with Crippen LogP contribution in [0.3, 0.4) is 0 Å². The summed E-state index contributed by atoms with van der Waals surface area (Å²) in [7, 11) is 0. The Kier molecular flexibility index (Phi) is 3.56. The van der Waals surface area contributed by atoms with Crippen LogP contribution in [-0.2, 0) is 0 Å². The Labute approximate surface area is 153 Å². The second kappa shape index (κ2) is 5.97. The van der Waals surface area contributed by atoms with Crippen molar-refractivity contribution < 1.29 is 13.2 Å². The fourth-order valence-corrected chi connectivity index (χ4v) is 3.80. The SMILES string of the molecule is Fc1ccc(-c2nc(N3CCC4CNC=C43)nc3cc(F)ccc23)c(F)c1. The summed E-state index contributed by atoms with van der Waals surface area (Å²) >= 11 is 0. The quantitative estimate of drug-likeness (QED) is 0.743. The number of fused-ring (bicyclic) bond motifs is 2. The minimum Gasteiger partial charge on any atom is -0.389 e. The van der Waals surface area contributed by atoms with Gasteiger partial charge in [-0.05, 0) is 30.7 Å². The Morgan fingerprint density at radius 3 is 2.67 bits per heavy atom. The Hall–Kier alpha value is -3.09. The molecule has 2 aliphatic heterocycles. The van der Waals surface area contributed by atoms with E-state index in [0.717, 1.165) is 31.3 Å². The van der Waals surface area contributed by atoms with Crippen molar-refractivity contribution in [3.05, 3.63) is 65.7 Å². The van der Waals surface area contributed by atoms with Gasteiger partial charge < -0.3 is 10.2 Å². The van der Waals surface area contributed by atoms with Gasteiger partial charge >= 0.3 is 0 Å². The largest absolute Gasteiger partial charge is 0.389 e. The zero-order chi connectivity index (χ0) is 18.5. The topological polar surface area (TPSA) is 41.1 Å². The lowest BCUT2D eigenvalue weighted by Crippen LogP contribution is -2.20. The second-order valence-corrected chi connectivity index (χ2v) is 6.77. The zero-order valence-corrected chi connectivity index (χ0v) is 14.2. The van der Waals surface area contributed by atoms with Crippen molar-refractivity contribution in [3.63, 3.8) is 0 Å². The van der Waals surface area contributed by atoms with E-state index in [-0.39, 0.29) is 5.56 Å². The van der Waals surface area contributed by atoms with E-state index >= 15 is 0 Å². The summed E-state index contributed by atoms with van der Waals surface area (Å²) in [4.78, 5) is 11.1. The number of anilines is 1. The van der Waals surface area contributed by atoms with Gasteiger partial charge in [0.15, 0.2) is 0 Å². The molecule has 0 amide bonds. The highest BCUT2D eigenvalue weighted by atomic mass is 19.1. The van der Waals surface area contributed by atoms with Crippen molar-refractivity contribution in [3.8, 4) is 11.3 Å². The molecule has 0 aliphatic carbocycles. The Bertz CT molecular complexity index is 1100. The molecular formula is C20H15F3N4. The van der Waals surface area contributed by atoms with Crippen molar-refractivity contribution in [2.24, 2.45) is 5.92 Å². The van der Waals surface area contributed by atoms with Crippen LogP contribution in [-0.4, -0.2) is 23.1 Å². The lowest BCUT2D eigenvalue weighted by Gasteiger charge is -2.19. The molecule has 0 bridgehead atoms. The fourth-order valence-electron chi connectivity index (χ4n) is 3.80. The number of halogens is 3. The van der Waals surface area contributed by atoms with E-state index in [0.29, 0.717) is 28.5 Å². The number of nitrogens with one attached hydrogen (secondary N) is 1. The van der Waals surface area contributed by atoms with E-state index in [9.17, 15) is 13.2 Å². The molecule has 0 saturated carbocycles. The van der Waals surface area contributed by atoms with Crippen molar-refractivity contribution in [2.45, 2.75) is 6.42 Å². The van der Waals surface area contributed by atoms with Crippen LogP contribution in [0, 0.1) is 23.4 Å². The molecular weight excluding hydrogens is 353 g/mol. The van der Waals surface area contributed by atoms with Crippen molar-refractivity contribution >= 4 is 16.9 Å². The van der Waals surface area contributed by atoms with Crippen LogP contribution >= 0.6 is 0 Å². The monoisotopic (exact) mass is 368 g/mol. The highest BCUT2D eigenvalue weighted by molar-refractivity contribution is 5.93. The van der Waals surface area contributed by atoms with Gasteiger partial charge in [0.1, 0.15) is 17.5 Å². The third-order valence-corrected chi connectivity index (χ3v) is 5.12. The molecule has 4 nitrogen and oxygen atoms in total. The zero-order valence-electron chi connectivity index (χ0n) is 14.2. The predicted molar refractivity (Wildman–Crippen MR) is 96.4 cm³/mol.